The van der Waals surface area contributed by atoms with Crippen LogP contribution in [0, 0.1) is 25.2 Å². The third kappa shape index (κ3) is 3.71. The van der Waals surface area contributed by atoms with Crippen LogP contribution in [0.15, 0.2) is 6.07 Å². The molecule has 0 unspecified atom stereocenters. The number of anilines is 1. The van der Waals surface area contributed by atoms with Crippen LogP contribution in [-0.2, 0) is 0 Å². The second kappa shape index (κ2) is 6.36. The summed E-state index contributed by atoms with van der Waals surface area (Å²) in [5.74, 6) is 0. The average Bonchev–Trinajstić information content (AvgIpc) is 2.28. The molecule has 4 nitrogen and oxygen atoms in total. The van der Waals surface area contributed by atoms with Gasteiger partial charge < -0.3 is 10.2 Å². The molecule has 0 saturated heterocycles. The average molecular weight is 246 g/mol. The summed E-state index contributed by atoms with van der Waals surface area (Å²) in [6, 6.07) is 4.68. The zero-order valence-corrected chi connectivity index (χ0v) is 11.9. The standard InChI is InChI=1S/C14H22N4/c1-10(2)18(5)7-6-16-14-8-11(3)17-12(4)13(14)9-15/h8,10H,6-7H2,1-5H3,(H,16,17). The van der Waals surface area contributed by atoms with Crippen LogP contribution >= 0.6 is 0 Å². The van der Waals surface area contributed by atoms with Crippen LogP contribution in [-0.4, -0.2) is 36.1 Å². The second-order valence-electron chi connectivity index (χ2n) is 4.88. The molecule has 0 bridgehead atoms. The third-order valence-corrected chi connectivity index (χ3v) is 3.10. The molecule has 1 N–H and O–H groups in total. The molecule has 0 spiro atoms. The van der Waals surface area contributed by atoms with Crippen LogP contribution in [0.3, 0.4) is 0 Å². The van der Waals surface area contributed by atoms with Crippen molar-refractivity contribution < 1.29 is 0 Å². The quantitative estimate of drug-likeness (QED) is 0.866. The van der Waals surface area contributed by atoms with Gasteiger partial charge in [-0.2, -0.15) is 5.26 Å². The molecule has 0 atom stereocenters. The number of nitrogens with one attached hydrogen (secondary N) is 1. The lowest BCUT2D eigenvalue weighted by atomic mass is 10.1. The van der Waals surface area contributed by atoms with E-state index in [9.17, 15) is 0 Å². The molecule has 1 aromatic heterocycles. The molecule has 0 radical (unpaired) electrons. The molecule has 4 heteroatoms. The molecule has 1 rings (SSSR count). The van der Waals surface area contributed by atoms with Gasteiger partial charge in [0.15, 0.2) is 0 Å². The Kier molecular flexibility index (Phi) is 5.11. The van der Waals surface area contributed by atoms with E-state index in [1.807, 2.05) is 19.9 Å². The van der Waals surface area contributed by atoms with Gasteiger partial charge in [0.05, 0.1) is 16.9 Å². The molecular weight excluding hydrogens is 224 g/mol. The molecule has 0 aliphatic heterocycles. The fourth-order valence-electron chi connectivity index (χ4n) is 1.73. The van der Waals surface area contributed by atoms with Gasteiger partial charge in [0.2, 0.25) is 0 Å². The highest BCUT2D eigenvalue weighted by atomic mass is 15.1. The Balaban J connectivity index is 2.71. The van der Waals surface area contributed by atoms with Crippen LogP contribution in [0.4, 0.5) is 5.69 Å². The lowest BCUT2D eigenvalue weighted by Gasteiger charge is -2.21. The molecule has 18 heavy (non-hydrogen) atoms. The molecule has 0 saturated carbocycles. The molecule has 0 aliphatic rings. The van der Waals surface area contributed by atoms with Crippen molar-refractivity contribution in [3.8, 4) is 6.07 Å². The number of aromatic nitrogens is 1. The predicted octanol–water partition coefficient (Wildman–Crippen LogP) is 2.32. The minimum absolute atomic E-state index is 0.531. The van der Waals surface area contributed by atoms with E-state index in [1.54, 1.807) is 0 Å². The first-order valence-corrected chi connectivity index (χ1v) is 6.28. The summed E-state index contributed by atoms with van der Waals surface area (Å²) in [4.78, 5) is 6.57. The van der Waals surface area contributed by atoms with Crippen molar-refractivity contribution in [2.24, 2.45) is 0 Å². The number of aryl methyl sites for hydroxylation is 2. The molecule has 1 heterocycles. The predicted molar refractivity (Wildman–Crippen MR) is 74.7 cm³/mol. The highest BCUT2D eigenvalue weighted by molar-refractivity contribution is 5.59. The molecule has 0 aliphatic carbocycles. The zero-order valence-electron chi connectivity index (χ0n) is 11.9. The summed E-state index contributed by atoms with van der Waals surface area (Å²) in [6.45, 7) is 9.93. The van der Waals surface area contributed by atoms with E-state index in [-0.39, 0.29) is 0 Å². The largest absolute Gasteiger partial charge is 0.383 e. The van der Waals surface area contributed by atoms with E-state index in [0.717, 1.165) is 30.2 Å². The maximum Gasteiger partial charge on any atom is 0.103 e. The summed E-state index contributed by atoms with van der Waals surface area (Å²) in [6.07, 6.45) is 0. The first-order chi connectivity index (χ1) is 8.45. The maximum atomic E-state index is 9.15. The van der Waals surface area contributed by atoms with Crippen LogP contribution in [0.2, 0.25) is 0 Å². The van der Waals surface area contributed by atoms with Gasteiger partial charge in [-0.25, -0.2) is 0 Å². The van der Waals surface area contributed by atoms with Crippen molar-refractivity contribution in [2.75, 3.05) is 25.5 Å². The van der Waals surface area contributed by atoms with Crippen molar-refractivity contribution in [3.63, 3.8) is 0 Å². The van der Waals surface area contributed by atoms with Gasteiger partial charge >= 0.3 is 0 Å². The van der Waals surface area contributed by atoms with Crippen molar-refractivity contribution in [1.82, 2.24) is 9.88 Å². The van der Waals surface area contributed by atoms with E-state index in [0.29, 0.717) is 11.6 Å². The first-order valence-electron chi connectivity index (χ1n) is 6.28. The van der Waals surface area contributed by atoms with Crippen molar-refractivity contribution in [3.05, 3.63) is 23.0 Å². The van der Waals surface area contributed by atoms with Crippen molar-refractivity contribution >= 4 is 5.69 Å². The topological polar surface area (TPSA) is 52.0 Å². The Bertz CT molecular complexity index is 446. The number of nitriles is 1. The van der Waals surface area contributed by atoms with Crippen LogP contribution < -0.4 is 5.32 Å². The SMILES string of the molecule is Cc1cc(NCCN(C)C(C)C)c(C#N)c(C)n1. The fraction of sp³-hybridized carbons (Fsp3) is 0.571. The number of hydrogen-bond acceptors (Lipinski definition) is 4. The summed E-state index contributed by atoms with van der Waals surface area (Å²) in [5.41, 5.74) is 3.26. The molecule has 0 aromatic carbocycles. The Morgan fingerprint density at radius 2 is 2.11 bits per heavy atom. The van der Waals surface area contributed by atoms with Crippen molar-refractivity contribution in [1.29, 1.82) is 5.26 Å². The normalized spacial score (nSPS) is 10.8. The minimum Gasteiger partial charge on any atom is -0.383 e. The summed E-state index contributed by atoms with van der Waals surface area (Å²) in [5, 5.41) is 12.5. The van der Waals surface area contributed by atoms with Crippen LogP contribution in [0.5, 0.6) is 0 Å². The molecule has 98 valence electrons. The van der Waals surface area contributed by atoms with Gasteiger partial charge in [-0.05, 0) is 40.8 Å². The van der Waals surface area contributed by atoms with Crippen molar-refractivity contribution in [2.45, 2.75) is 33.7 Å². The Labute approximate surface area is 110 Å². The lowest BCUT2D eigenvalue weighted by molar-refractivity contribution is 0.284. The monoisotopic (exact) mass is 246 g/mol. The van der Waals surface area contributed by atoms with E-state index in [2.05, 4.69) is 42.2 Å². The fourth-order valence-corrected chi connectivity index (χ4v) is 1.73. The van der Waals surface area contributed by atoms with Gasteiger partial charge in [0, 0.05) is 24.8 Å². The molecule has 0 amide bonds. The van der Waals surface area contributed by atoms with Gasteiger partial charge in [-0.3, -0.25) is 4.98 Å². The minimum atomic E-state index is 0.531. The van der Waals surface area contributed by atoms with E-state index in [1.165, 1.54) is 0 Å². The highest BCUT2D eigenvalue weighted by Gasteiger charge is 2.08. The first kappa shape index (κ1) is 14.5. The molecule has 1 aromatic rings. The van der Waals surface area contributed by atoms with Crippen LogP contribution in [0.1, 0.15) is 30.8 Å². The maximum absolute atomic E-state index is 9.15. The second-order valence-corrected chi connectivity index (χ2v) is 4.88. The van der Waals surface area contributed by atoms with Crippen LogP contribution in [0.25, 0.3) is 0 Å². The number of nitrogens with zero attached hydrogens (tertiary/aromatic N) is 3. The third-order valence-electron chi connectivity index (χ3n) is 3.10. The Morgan fingerprint density at radius 1 is 1.44 bits per heavy atom. The number of pyridine rings is 1. The molecule has 0 fully saturated rings. The Morgan fingerprint density at radius 3 is 2.67 bits per heavy atom. The van der Waals surface area contributed by atoms with E-state index >= 15 is 0 Å². The van der Waals surface area contributed by atoms with Gasteiger partial charge in [-0.1, -0.05) is 0 Å². The smallest absolute Gasteiger partial charge is 0.103 e. The summed E-state index contributed by atoms with van der Waals surface area (Å²) < 4.78 is 0. The molecular formula is C14H22N4. The summed E-state index contributed by atoms with van der Waals surface area (Å²) >= 11 is 0. The van der Waals surface area contributed by atoms with E-state index < -0.39 is 0 Å². The zero-order chi connectivity index (χ0) is 13.7. The van der Waals surface area contributed by atoms with E-state index in [4.69, 9.17) is 5.26 Å². The number of hydrogen-bond donors (Lipinski definition) is 1. The van der Waals surface area contributed by atoms with Gasteiger partial charge in [-0.15, -0.1) is 0 Å². The number of rotatable bonds is 5. The summed E-state index contributed by atoms with van der Waals surface area (Å²) in [7, 11) is 2.10. The lowest BCUT2D eigenvalue weighted by Crippen LogP contribution is -2.31. The van der Waals surface area contributed by atoms with Gasteiger partial charge in [0.25, 0.3) is 0 Å². The van der Waals surface area contributed by atoms with Gasteiger partial charge in [0.1, 0.15) is 6.07 Å². The Hall–Kier alpha value is -1.60. The highest BCUT2D eigenvalue weighted by Crippen LogP contribution is 2.18. The number of likely N-dealkylation sites (N-methyl/N-ethyl adjacent to an activating group) is 1.